The van der Waals surface area contributed by atoms with Gasteiger partial charge in [-0.3, -0.25) is 0 Å². The summed E-state index contributed by atoms with van der Waals surface area (Å²) in [6, 6.07) is 21.1. The minimum absolute atomic E-state index is 0.820. The Morgan fingerprint density at radius 3 is 2.67 bits per heavy atom. The summed E-state index contributed by atoms with van der Waals surface area (Å²) in [7, 11) is 0. The maximum absolute atomic E-state index is 4.59. The van der Waals surface area contributed by atoms with E-state index in [1.54, 1.807) is 0 Å². The molecule has 0 aliphatic carbocycles. The summed E-state index contributed by atoms with van der Waals surface area (Å²) >= 11 is 3.54. The highest BCUT2D eigenvalue weighted by Gasteiger charge is 2.10. The molecule has 0 saturated carbocycles. The Morgan fingerprint density at radius 1 is 0.905 bits per heavy atom. The molecule has 4 aromatic rings. The van der Waals surface area contributed by atoms with Crippen LogP contribution in [0.25, 0.3) is 21.9 Å². The van der Waals surface area contributed by atoms with Crippen molar-refractivity contribution in [1.29, 1.82) is 0 Å². The molecule has 0 amide bonds. The highest BCUT2D eigenvalue weighted by molar-refractivity contribution is 9.10. The van der Waals surface area contributed by atoms with Crippen molar-refractivity contribution >= 4 is 37.9 Å². The van der Waals surface area contributed by atoms with E-state index in [2.05, 4.69) is 74.0 Å². The summed E-state index contributed by atoms with van der Waals surface area (Å²) in [5.74, 6) is 0. The number of rotatable bonds is 2. The van der Waals surface area contributed by atoms with Gasteiger partial charge in [0.1, 0.15) is 5.65 Å². The minimum atomic E-state index is 0.820. The van der Waals surface area contributed by atoms with Gasteiger partial charge in [-0.1, -0.05) is 46.3 Å². The number of halogens is 1. The van der Waals surface area contributed by atoms with Gasteiger partial charge < -0.3 is 4.57 Å². The van der Waals surface area contributed by atoms with Crippen molar-refractivity contribution in [2.24, 2.45) is 0 Å². The topological polar surface area (TPSA) is 17.8 Å². The van der Waals surface area contributed by atoms with Crippen LogP contribution in [0.4, 0.5) is 0 Å². The molecule has 3 heteroatoms. The van der Waals surface area contributed by atoms with E-state index in [-0.39, 0.29) is 0 Å². The number of para-hydroxylation sites is 1. The van der Waals surface area contributed by atoms with Gasteiger partial charge in [0, 0.05) is 28.0 Å². The van der Waals surface area contributed by atoms with Crippen LogP contribution in [0.2, 0.25) is 0 Å². The van der Waals surface area contributed by atoms with Crippen LogP contribution in [-0.2, 0) is 6.54 Å². The molecule has 0 aliphatic rings. The summed E-state index contributed by atoms with van der Waals surface area (Å²) in [5.41, 5.74) is 3.53. The molecular formula is C18H13BrN2. The Balaban J connectivity index is 1.97. The summed E-state index contributed by atoms with van der Waals surface area (Å²) in [6.45, 7) is 0.820. The normalized spacial score (nSPS) is 11.3. The van der Waals surface area contributed by atoms with Gasteiger partial charge in [0.2, 0.25) is 0 Å². The molecule has 2 aromatic carbocycles. The van der Waals surface area contributed by atoms with Crippen LogP contribution in [0.5, 0.6) is 0 Å². The highest BCUT2D eigenvalue weighted by atomic mass is 79.9. The first kappa shape index (κ1) is 12.6. The van der Waals surface area contributed by atoms with Gasteiger partial charge in [-0.25, -0.2) is 4.98 Å². The number of hydrogen-bond donors (Lipinski definition) is 0. The Hall–Kier alpha value is -2.13. The third kappa shape index (κ3) is 2.14. The molecule has 0 aliphatic heterocycles. The number of nitrogens with zero attached hydrogens (tertiary/aromatic N) is 2. The molecule has 2 heterocycles. The maximum atomic E-state index is 4.59. The monoisotopic (exact) mass is 336 g/mol. The zero-order valence-electron chi connectivity index (χ0n) is 11.3. The molecule has 21 heavy (non-hydrogen) atoms. The summed E-state index contributed by atoms with van der Waals surface area (Å²) in [5, 5.41) is 2.47. The first-order valence-electron chi connectivity index (χ1n) is 6.89. The quantitative estimate of drug-likeness (QED) is 0.503. The van der Waals surface area contributed by atoms with Gasteiger partial charge in [0.25, 0.3) is 0 Å². The molecule has 2 aromatic heterocycles. The summed E-state index contributed by atoms with van der Waals surface area (Å²) in [6.07, 6.45) is 1.86. The predicted molar refractivity (Wildman–Crippen MR) is 90.5 cm³/mol. The van der Waals surface area contributed by atoms with Crippen LogP contribution in [0.3, 0.4) is 0 Å². The lowest BCUT2D eigenvalue weighted by Crippen LogP contribution is -2.00. The van der Waals surface area contributed by atoms with Crippen molar-refractivity contribution in [2.75, 3.05) is 0 Å². The second-order valence-corrected chi connectivity index (χ2v) is 6.02. The van der Waals surface area contributed by atoms with Crippen molar-refractivity contribution in [3.8, 4) is 0 Å². The third-order valence-electron chi connectivity index (χ3n) is 3.76. The third-order valence-corrected chi connectivity index (χ3v) is 4.25. The first-order valence-corrected chi connectivity index (χ1v) is 7.68. The van der Waals surface area contributed by atoms with Gasteiger partial charge in [0.15, 0.2) is 0 Å². The van der Waals surface area contributed by atoms with Crippen LogP contribution in [-0.4, -0.2) is 9.55 Å². The standard InChI is InChI=1S/C18H13BrN2/c19-14-6-3-5-13(11-14)12-21-17-9-2-1-7-15(17)16-8-4-10-20-18(16)21/h1-11H,12H2. The van der Waals surface area contributed by atoms with Crippen molar-refractivity contribution < 1.29 is 0 Å². The minimum Gasteiger partial charge on any atom is -0.321 e. The molecule has 0 saturated heterocycles. The van der Waals surface area contributed by atoms with Gasteiger partial charge in [-0.2, -0.15) is 0 Å². The molecule has 4 rings (SSSR count). The van der Waals surface area contributed by atoms with E-state index in [0.717, 1.165) is 16.7 Å². The van der Waals surface area contributed by atoms with E-state index in [9.17, 15) is 0 Å². The molecule has 0 bridgehead atoms. The lowest BCUT2D eigenvalue weighted by molar-refractivity contribution is 0.855. The van der Waals surface area contributed by atoms with Crippen LogP contribution in [0.15, 0.2) is 71.3 Å². The van der Waals surface area contributed by atoms with E-state index in [1.807, 2.05) is 18.3 Å². The van der Waals surface area contributed by atoms with Crippen LogP contribution >= 0.6 is 15.9 Å². The van der Waals surface area contributed by atoms with Crippen molar-refractivity contribution in [2.45, 2.75) is 6.54 Å². The molecule has 0 N–H and O–H groups in total. The summed E-state index contributed by atoms with van der Waals surface area (Å²) < 4.78 is 3.39. The fourth-order valence-electron chi connectivity index (χ4n) is 2.85. The lowest BCUT2D eigenvalue weighted by Gasteiger charge is -2.07. The lowest BCUT2D eigenvalue weighted by atomic mass is 10.2. The highest BCUT2D eigenvalue weighted by Crippen LogP contribution is 2.28. The van der Waals surface area contributed by atoms with Gasteiger partial charge in [-0.05, 0) is 35.9 Å². The molecule has 0 atom stereocenters. The molecule has 0 fully saturated rings. The fourth-order valence-corrected chi connectivity index (χ4v) is 3.30. The maximum Gasteiger partial charge on any atom is 0.141 e. The van der Waals surface area contributed by atoms with Crippen molar-refractivity contribution in [1.82, 2.24) is 9.55 Å². The Morgan fingerprint density at radius 2 is 1.76 bits per heavy atom. The first-order chi connectivity index (χ1) is 10.3. The fraction of sp³-hybridized carbons (Fsp3) is 0.0556. The number of hydrogen-bond acceptors (Lipinski definition) is 1. The molecule has 102 valence electrons. The van der Waals surface area contributed by atoms with E-state index >= 15 is 0 Å². The van der Waals surface area contributed by atoms with Crippen molar-refractivity contribution in [3.05, 3.63) is 76.9 Å². The Labute approximate surface area is 131 Å². The second kappa shape index (κ2) is 5.01. The SMILES string of the molecule is Brc1cccc(Cn2c3ccccc3c3cccnc32)c1. The number of fused-ring (bicyclic) bond motifs is 3. The predicted octanol–water partition coefficient (Wildman–Crippen LogP) is 5.00. The van der Waals surface area contributed by atoms with E-state index in [4.69, 9.17) is 0 Å². The average Bonchev–Trinajstić information content (AvgIpc) is 2.83. The van der Waals surface area contributed by atoms with E-state index < -0.39 is 0 Å². The van der Waals surface area contributed by atoms with Crippen LogP contribution in [0.1, 0.15) is 5.56 Å². The molecular weight excluding hydrogens is 324 g/mol. The van der Waals surface area contributed by atoms with E-state index in [1.165, 1.54) is 21.9 Å². The average molecular weight is 337 g/mol. The van der Waals surface area contributed by atoms with Gasteiger partial charge in [-0.15, -0.1) is 0 Å². The zero-order chi connectivity index (χ0) is 14.2. The molecule has 2 nitrogen and oxygen atoms in total. The molecule has 0 spiro atoms. The van der Waals surface area contributed by atoms with Gasteiger partial charge >= 0.3 is 0 Å². The van der Waals surface area contributed by atoms with Crippen LogP contribution in [0, 0.1) is 0 Å². The van der Waals surface area contributed by atoms with Crippen molar-refractivity contribution in [3.63, 3.8) is 0 Å². The molecule has 0 unspecified atom stereocenters. The Kier molecular flexibility index (Phi) is 3.00. The molecule has 0 radical (unpaired) electrons. The number of pyridine rings is 1. The largest absolute Gasteiger partial charge is 0.321 e. The summed E-state index contributed by atoms with van der Waals surface area (Å²) in [4.78, 5) is 4.59. The smallest absolute Gasteiger partial charge is 0.141 e. The Bertz CT molecular complexity index is 887. The van der Waals surface area contributed by atoms with E-state index in [0.29, 0.717) is 0 Å². The van der Waals surface area contributed by atoms with Gasteiger partial charge in [0.05, 0.1) is 5.52 Å². The second-order valence-electron chi connectivity index (χ2n) is 5.11. The number of aromatic nitrogens is 2. The zero-order valence-corrected chi connectivity index (χ0v) is 12.9. The number of benzene rings is 2. The van der Waals surface area contributed by atoms with Crippen LogP contribution < -0.4 is 0 Å².